The number of nitrogens with one attached hydrogen (secondary N) is 1. The third kappa shape index (κ3) is 3.66. The summed E-state index contributed by atoms with van der Waals surface area (Å²) in [4.78, 5) is 23.4. The average molecular weight is 298 g/mol. The van der Waals surface area contributed by atoms with Crippen molar-refractivity contribution in [2.24, 2.45) is 0 Å². The highest BCUT2D eigenvalue weighted by Crippen LogP contribution is 2.16. The van der Waals surface area contributed by atoms with E-state index in [1.165, 1.54) is 0 Å². The number of ketones is 1. The predicted molar refractivity (Wildman–Crippen MR) is 71.1 cm³/mol. The molecule has 17 heavy (non-hydrogen) atoms. The molecule has 0 aliphatic carbocycles. The first-order valence-corrected chi connectivity index (χ1v) is 6.34. The number of amides is 1. The van der Waals surface area contributed by atoms with Gasteiger partial charge < -0.3 is 5.32 Å². The van der Waals surface area contributed by atoms with Crippen LogP contribution in [-0.2, 0) is 4.79 Å². The van der Waals surface area contributed by atoms with Gasteiger partial charge in [-0.3, -0.25) is 9.59 Å². The fourth-order valence-electron chi connectivity index (χ4n) is 1.50. The molecule has 1 rings (SSSR count). The van der Waals surface area contributed by atoms with Crippen molar-refractivity contribution in [2.45, 2.75) is 33.2 Å². The van der Waals surface area contributed by atoms with Crippen molar-refractivity contribution in [1.82, 2.24) is 5.32 Å². The van der Waals surface area contributed by atoms with Crippen LogP contribution in [0.1, 0.15) is 36.2 Å². The van der Waals surface area contributed by atoms with E-state index in [-0.39, 0.29) is 11.7 Å². The molecular formula is C13H16BrNO2. The number of benzene rings is 1. The van der Waals surface area contributed by atoms with Crippen molar-refractivity contribution in [3.63, 3.8) is 0 Å². The first-order valence-electron chi connectivity index (χ1n) is 5.55. The Hall–Kier alpha value is -1.16. The lowest BCUT2D eigenvalue weighted by atomic mass is 10.1. The van der Waals surface area contributed by atoms with Gasteiger partial charge in [0.2, 0.25) is 0 Å². The van der Waals surface area contributed by atoms with Gasteiger partial charge in [0.25, 0.3) is 5.91 Å². The predicted octanol–water partition coefficient (Wildman–Crippen LogP) is 2.85. The number of carbonyl (C=O) groups excluding carboxylic acids is 2. The molecule has 0 aliphatic rings. The molecule has 1 unspecified atom stereocenters. The van der Waals surface area contributed by atoms with Crippen molar-refractivity contribution >= 4 is 27.6 Å². The van der Waals surface area contributed by atoms with E-state index >= 15 is 0 Å². The zero-order valence-electron chi connectivity index (χ0n) is 10.2. The van der Waals surface area contributed by atoms with Crippen LogP contribution in [0, 0.1) is 6.92 Å². The first-order chi connectivity index (χ1) is 7.95. The van der Waals surface area contributed by atoms with Gasteiger partial charge in [-0.05, 0) is 31.5 Å². The fraction of sp³-hybridized carbons (Fsp3) is 0.385. The van der Waals surface area contributed by atoms with Gasteiger partial charge in [-0.2, -0.15) is 0 Å². The summed E-state index contributed by atoms with van der Waals surface area (Å²) >= 11 is 3.33. The highest BCUT2D eigenvalue weighted by atomic mass is 79.9. The number of carbonyl (C=O) groups is 2. The van der Waals surface area contributed by atoms with Crippen LogP contribution in [0.5, 0.6) is 0 Å². The Morgan fingerprint density at radius 1 is 1.41 bits per heavy atom. The van der Waals surface area contributed by atoms with Crippen LogP contribution in [0.3, 0.4) is 0 Å². The van der Waals surface area contributed by atoms with Crippen LogP contribution in [0.25, 0.3) is 0 Å². The molecule has 0 saturated heterocycles. The largest absolute Gasteiger partial charge is 0.343 e. The van der Waals surface area contributed by atoms with Gasteiger partial charge in [0.15, 0.2) is 5.78 Å². The molecule has 1 aromatic rings. The lowest BCUT2D eigenvalue weighted by Gasteiger charge is -2.13. The van der Waals surface area contributed by atoms with Crippen molar-refractivity contribution in [2.75, 3.05) is 0 Å². The molecule has 92 valence electrons. The smallest absolute Gasteiger partial charge is 0.252 e. The Morgan fingerprint density at radius 3 is 2.65 bits per heavy atom. The Labute approximate surface area is 110 Å². The summed E-state index contributed by atoms with van der Waals surface area (Å²) in [5, 5.41) is 2.71. The summed E-state index contributed by atoms with van der Waals surface area (Å²) in [6.45, 7) is 5.36. The molecule has 0 bridgehead atoms. The summed E-state index contributed by atoms with van der Waals surface area (Å²) in [6, 6.07) is 5.07. The van der Waals surface area contributed by atoms with Crippen LogP contribution in [-0.4, -0.2) is 17.7 Å². The van der Waals surface area contributed by atoms with Crippen molar-refractivity contribution in [3.05, 3.63) is 33.8 Å². The fourth-order valence-corrected chi connectivity index (χ4v) is 1.86. The molecule has 1 N–H and O–H groups in total. The molecule has 0 aliphatic heterocycles. The molecule has 0 heterocycles. The van der Waals surface area contributed by atoms with Crippen LogP contribution in [0.2, 0.25) is 0 Å². The minimum atomic E-state index is -0.439. The van der Waals surface area contributed by atoms with E-state index in [0.29, 0.717) is 12.0 Å². The van der Waals surface area contributed by atoms with Crippen LogP contribution in [0.4, 0.5) is 0 Å². The highest BCUT2D eigenvalue weighted by molar-refractivity contribution is 9.10. The van der Waals surface area contributed by atoms with Gasteiger partial charge in [-0.1, -0.05) is 28.9 Å². The number of aryl methyl sites for hydroxylation is 1. The van der Waals surface area contributed by atoms with E-state index < -0.39 is 6.04 Å². The zero-order valence-corrected chi connectivity index (χ0v) is 11.8. The Morgan fingerprint density at radius 2 is 2.06 bits per heavy atom. The minimum absolute atomic E-state index is 0.0333. The SMILES string of the molecule is CCC(=O)C(C)NC(=O)c1cc(Br)ccc1C. The van der Waals surface area contributed by atoms with Gasteiger partial charge in [0, 0.05) is 16.5 Å². The maximum absolute atomic E-state index is 12.0. The molecule has 1 atom stereocenters. The lowest BCUT2D eigenvalue weighted by molar-refractivity contribution is -0.120. The summed E-state index contributed by atoms with van der Waals surface area (Å²) in [6.07, 6.45) is 0.429. The van der Waals surface area contributed by atoms with E-state index in [1.807, 2.05) is 19.1 Å². The second kappa shape index (κ2) is 5.96. The van der Waals surface area contributed by atoms with Crippen molar-refractivity contribution < 1.29 is 9.59 Å². The van der Waals surface area contributed by atoms with Crippen LogP contribution >= 0.6 is 15.9 Å². The standard InChI is InChI=1S/C13H16BrNO2/c1-4-12(16)9(3)15-13(17)11-7-10(14)6-5-8(11)2/h5-7,9H,4H2,1-3H3,(H,15,17). The molecule has 0 saturated carbocycles. The molecule has 1 amide bonds. The maximum atomic E-state index is 12.0. The topological polar surface area (TPSA) is 46.2 Å². The van der Waals surface area contributed by atoms with Crippen molar-refractivity contribution in [3.8, 4) is 0 Å². The molecule has 1 aromatic carbocycles. The van der Waals surface area contributed by atoms with Crippen molar-refractivity contribution in [1.29, 1.82) is 0 Å². The Kier molecular flexibility index (Phi) is 4.87. The first kappa shape index (κ1) is 13.9. The molecule has 0 radical (unpaired) electrons. The Balaban J connectivity index is 2.83. The van der Waals surface area contributed by atoms with E-state index in [2.05, 4.69) is 21.2 Å². The van der Waals surface area contributed by atoms with E-state index in [9.17, 15) is 9.59 Å². The van der Waals surface area contributed by atoms with E-state index in [0.717, 1.165) is 10.0 Å². The number of hydrogen-bond acceptors (Lipinski definition) is 2. The van der Waals surface area contributed by atoms with Crippen LogP contribution in [0.15, 0.2) is 22.7 Å². The molecular weight excluding hydrogens is 282 g/mol. The third-order valence-electron chi connectivity index (χ3n) is 2.62. The molecule has 0 fully saturated rings. The number of halogens is 1. The normalized spacial score (nSPS) is 12.0. The van der Waals surface area contributed by atoms with Gasteiger partial charge in [0.05, 0.1) is 6.04 Å². The minimum Gasteiger partial charge on any atom is -0.343 e. The number of Topliss-reactive ketones (excluding diaryl/α,β-unsaturated/α-hetero) is 1. The van der Waals surface area contributed by atoms with Gasteiger partial charge in [-0.15, -0.1) is 0 Å². The second-order valence-electron chi connectivity index (χ2n) is 3.97. The highest BCUT2D eigenvalue weighted by Gasteiger charge is 2.16. The molecule has 4 heteroatoms. The summed E-state index contributed by atoms with van der Waals surface area (Å²) in [7, 11) is 0. The van der Waals surface area contributed by atoms with E-state index in [1.54, 1.807) is 19.9 Å². The number of rotatable bonds is 4. The molecule has 0 aromatic heterocycles. The van der Waals surface area contributed by atoms with Crippen LogP contribution < -0.4 is 5.32 Å². The molecule has 3 nitrogen and oxygen atoms in total. The lowest BCUT2D eigenvalue weighted by Crippen LogP contribution is -2.38. The zero-order chi connectivity index (χ0) is 13.0. The quantitative estimate of drug-likeness (QED) is 0.929. The maximum Gasteiger partial charge on any atom is 0.252 e. The van der Waals surface area contributed by atoms with Gasteiger partial charge in [-0.25, -0.2) is 0 Å². The van der Waals surface area contributed by atoms with E-state index in [4.69, 9.17) is 0 Å². The summed E-state index contributed by atoms with van der Waals surface area (Å²) < 4.78 is 0.850. The van der Waals surface area contributed by atoms with Gasteiger partial charge >= 0.3 is 0 Å². The molecule has 0 spiro atoms. The average Bonchev–Trinajstić information content (AvgIpc) is 2.30. The second-order valence-corrected chi connectivity index (χ2v) is 4.89. The summed E-state index contributed by atoms with van der Waals surface area (Å²) in [5.74, 6) is -0.177. The third-order valence-corrected chi connectivity index (χ3v) is 3.12. The monoisotopic (exact) mass is 297 g/mol. The summed E-state index contributed by atoms with van der Waals surface area (Å²) in [5.41, 5.74) is 1.48. The number of hydrogen-bond donors (Lipinski definition) is 1. The van der Waals surface area contributed by atoms with Gasteiger partial charge in [0.1, 0.15) is 0 Å². The Bertz CT molecular complexity index is 443.